The van der Waals surface area contributed by atoms with Crippen molar-refractivity contribution in [1.82, 2.24) is 9.97 Å². The lowest BCUT2D eigenvalue weighted by molar-refractivity contribution is -0.169. The van der Waals surface area contributed by atoms with Crippen LogP contribution in [0, 0.1) is 6.92 Å². The first-order valence-electron chi connectivity index (χ1n) is 8.33. The van der Waals surface area contributed by atoms with Crippen molar-refractivity contribution in [3.8, 4) is 0 Å². The molecular formula is C16H26N4O2. The first kappa shape index (κ1) is 15.5. The topological polar surface area (TPSA) is 59.5 Å². The van der Waals surface area contributed by atoms with Crippen LogP contribution in [0.5, 0.6) is 0 Å². The Morgan fingerprint density at radius 2 is 1.95 bits per heavy atom. The quantitative estimate of drug-likeness (QED) is 0.843. The van der Waals surface area contributed by atoms with Gasteiger partial charge in [-0.1, -0.05) is 13.3 Å². The number of anilines is 2. The minimum Gasteiger partial charge on any atom is -0.356 e. The second-order valence-electron chi connectivity index (χ2n) is 6.07. The van der Waals surface area contributed by atoms with E-state index in [9.17, 15) is 0 Å². The molecule has 0 bridgehead atoms. The molecule has 6 nitrogen and oxygen atoms in total. The highest BCUT2D eigenvalue weighted by Crippen LogP contribution is 2.32. The normalized spacial score (nSPS) is 20.5. The predicted molar refractivity (Wildman–Crippen MR) is 86.2 cm³/mol. The van der Waals surface area contributed by atoms with E-state index in [1.165, 1.54) is 6.42 Å². The Hall–Kier alpha value is -1.40. The summed E-state index contributed by atoms with van der Waals surface area (Å²) in [5.74, 6) is 1.40. The number of hydrogen-bond acceptors (Lipinski definition) is 6. The summed E-state index contributed by atoms with van der Waals surface area (Å²) in [4.78, 5) is 11.4. The van der Waals surface area contributed by atoms with Crippen LogP contribution >= 0.6 is 0 Å². The van der Waals surface area contributed by atoms with Gasteiger partial charge < -0.3 is 19.7 Å². The first-order chi connectivity index (χ1) is 10.7. The average Bonchev–Trinajstić information content (AvgIpc) is 2.96. The Morgan fingerprint density at radius 3 is 2.64 bits per heavy atom. The first-order valence-corrected chi connectivity index (χ1v) is 8.33. The smallest absolute Gasteiger partial charge is 0.224 e. The SMILES string of the molecule is CCCCNc1nc(C)cc(N2CCC3(CC2)OCCO3)n1. The number of nitrogens with one attached hydrogen (secondary N) is 1. The van der Waals surface area contributed by atoms with Gasteiger partial charge in [0.2, 0.25) is 5.95 Å². The van der Waals surface area contributed by atoms with Gasteiger partial charge in [0, 0.05) is 44.2 Å². The van der Waals surface area contributed by atoms with Gasteiger partial charge in [0.25, 0.3) is 0 Å². The molecule has 122 valence electrons. The Bertz CT molecular complexity index is 493. The molecule has 2 aliphatic rings. The molecule has 2 fully saturated rings. The van der Waals surface area contributed by atoms with Crippen LogP contribution in [0.2, 0.25) is 0 Å². The highest BCUT2D eigenvalue weighted by atomic mass is 16.7. The van der Waals surface area contributed by atoms with Gasteiger partial charge in [-0.2, -0.15) is 4.98 Å². The lowest BCUT2D eigenvalue weighted by Gasteiger charge is -2.38. The molecule has 1 spiro atoms. The lowest BCUT2D eigenvalue weighted by atomic mass is 10.0. The van der Waals surface area contributed by atoms with Crippen molar-refractivity contribution in [2.24, 2.45) is 0 Å². The van der Waals surface area contributed by atoms with Crippen LogP contribution in [0.3, 0.4) is 0 Å². The number of unbranched alkanes of at least 4 members (excludes halogenated alkanes) is 1. The Balaban J connectivity index is 1.64. The highest BCUT2D eigenvalue weighted by Gasteiger charge is 2.40. The summed E-state index contributed by atoms with van der Waals surface area (Å²) in [6, 6.07) is 2.05. The zero-order valence-corrected chi connectivity index (χ0v) is 13.6. The van der Waals surface area contributed by atoms with E-state index < -0.39 is 0 Å². The van der Waals surface area contributed by atoms with E-state index in [0.717, 1.165) is 69.6 Å². The van der Waals surface area contributed by atoms with Crippen LogP contribution in [0.15, 0.2) is 6.07 Å². The summed E-state index contributed by atoms with van der Waals surface area (Å²) >= 11 is 0. The number of aryl methyl sites for hydroxylation is 1. The van der Waals surface area contributed by atoms with Gasteiger partial charge in [0.15, 0.2) is 5.79 Å². The van der Waals surface area contributed by atoms with E-state index >= 15 is 0 Å². The largest absolute Gasteiger partial charge is 0.356 e. The fourth-order valence-corrected chi connectivity index (χ4v) is 3.03. The van der Waals surface area contributed by atoms with E-state index in [1.54, 1.807) is 0 Å². The van der Waals surface area contributed by atoms with Gasteiger partial charge in [-0.25, -0.2) is 4.98 Å². The van der Waals surface area contributed by atoms with E-state index in [-0.39, 0.29) is 5.79 Å². The Labute approximate surface area is 132 Å². The standard InChI is InChI=1S/C16H26N4O2/c1-3-4-7-17-15-18-13(2)12-14(19-15)20-8-5-16(6-9-20)21-10-11-22-16/h12H,3-11H2,1-2H3,(H,17,18,19). The molecule has 1 aromatic rings. The van der Waals surface area contributed by atoms with E-state index in [2.05, 4.69) is 33.2 Å². The molecule has 1 aromatic heterocycles. The maximum Gasteiger partial charge on any atom is 0.224 e. The molecule has 2 aliphatic heterocycles. The molecule has 0 atom stereocenters. The second kappa shape index (κ2) is 6.79. The third-order valence-electron chi connectivity index (χ3n) is 4.32. The summed E-state index contributed by atoms with van der Waals surface area (Å²) < 4.78 is 11.6. The van der Waals surface area contributed by atoms with Crippen molar-refractivity contribution in [1.29, 1.82) is 0 Å². The van der Waals surface area contributed by atoms with Gasteiger partial charge in [-0.3, -0.25) is 0 Å². The maximum atomic E-state index is 5.78. The number of rotatable bonds is 5. The molecule has 0 aromatic carbocycles. The zero-order valence-electron chi connectivity index (χ0n) is 13.6. The monoisotopic (exact) mass is 306 g/mol. The number of nitrogens with zero attached hydrogens (tertiary/aromatic N) is 3. The summed E-state index contributed by atoms with van der Waals surface area (Å²) in [7, 11) is 0. The van der Waals surface area contributed by atoms with E-state index in [1.807, 2.05) is 6.92 Å². The number of piperidine rings is 1. The summed E-state index contributed by atoms with van der Waals surface area (Å²) in [5.41, 5.74) is 0.998. The van der Waals surface area contributed by atoms with Gasteiger partial charge in [0.05, 0.1) is 13.2 Å². The fourth-order valence-electron chi connectivity index (χ4n) is 3.03. The lowest BCUT2D eigenvalue weighted by Crippen LogP contribution is -2.45. The minimum absolute atomic E-state index is 0.333. The second-order valence-corrected chi connectivity index (χ2v) is 6.07. The summed E-state index contributed by atoms with van der Waals surface area (Å²) in [5, 5.41) is 3.32. The molecule has 2 saturated heterocycles. The van der Waals surface area contributed by atoms with E-state index in [0.29, 0.717) is 0 Å². The van der Waals surface area contributed by atoms with Crippen LogP contribution < -0.4 is 10.2 Å². The van der Waals surface area contributed by atoms with Crippen LogP contribution in [0.1, 0.15) is 38.3 Å². The predicted octanol–water partition coefficient (Wildman–Crippen LogP) is 2.34. The molecule has 0 amide bonds. The van der Waals surface area contributed by atoms with Crippen molar-refractivity contribution in [2.75, 3.05) is 43.1 Å². The molecule has 0 aliphatic carbocycles. The average molecular weight is 306 g/mol. The van der Waals surface area contributed by atoms with Crippen LogP contribution in [-0.4, -0.2) is 48.6 Å². The van der Waals surface area contributed by atoms with Crippen molar-refractivity contribution in [3.63, 3.8) is 0 Å². The van der Waals surface area contributed by atoms with Crippen LogP contribution in [0.25, 0.3) is 0 Å². The van der Waals surface area contributed by atoms with Crippen molar-refractivity contribution in [2.45, 2.75) is 45.3 Å². The van der Waals surface area contributed by atoms with Crippen molar-refractivity contribution >= 4 is 11.8 Å². The van der Waals surface area contributed by atoms with Gasteiger partial charge >= 0.3 is 0 Å². The molecule has 3 heterocycles. The Morgan fingerprint density at radius 1 is 1.23 bits per heavy atom. The molecule has 0 unspecified atom stereocenters. The third-order valence-corrected chi connectivity index (χ3v) is 4.32. The Kier molecular flexibility index (Phi) is 4.78. The van der Waals surface area contributed by atoms with Gasteiger partial charge in [0.1, 0.15) is 5.82 Å². The molecule has 22 heavy (non-hydrogen) atoms. The molecule has 1 N–H and O–H groups in total. The molecule has 3 rings (SSSR count). The van der Waals surface area contributed by atoms with Crippen LogP contribution in [-0.2, 0) is 9.47 Å². The fraction of sp³-hybridized carbons (Fsp3) is 0.750. The zero-order chi connectivity index (χ0) is 15.4. The summed E-state index contributed by atoms with van der Waals surface area (Å²) in [6.45, 7) is 8.38. The number of ether oxygens (including phenoxy) is 2. The molecule has 0 saturated carbocycles. The molecular weight excluding hydrogens is 280 g/mol. The summed E-state index contributed by atoms with van der Waals surface area (Å²) in [6.07, 6.45) is 4.09. The number of hydrogen-bond donors (Lipinski definition) is 1. The maximum absolute atomic E-state index is 5.78. The van der Waals surface area contributed by atoms with E-state index in [4.69, 9.17) is 9.47 Å². The van der Waals surface area contributed by atoms with Gasteiger partial charge in [-0.05, 0) is 13.3 Å². The van der Waals surface area contributed by atoms with Crippen molar-refractivity contribution in [3.05, 3.63) is 11.8 Å². The van der Waals surface area contributed by atoms with Crippen molar-refractivity contribution < 1.29 is 9.47 Å². The molecule has 6 heteroatoms. The molecule has 0 radical (unpaired) electrons. The highest BCUT2D eigenvalue weighted by molar-refractivity contribution is 5.45. The minimum atomic E-state index is -0.333. The van der Waals surface area contributed by atoms with Gasteiger partial charge in [-0.15, -0.1) is 0 Å². The third kappa shape index (κ3) is 3.50. The van der Waals surface area contributed by atoms with Crippen LogP contribution in [0.4, 0.5) is 11.8 Å². The number of aromatic nitrogens is 2.